The van der Waals surface area contributed by atoms with Crippen molar-refractivity contribution in [2.45, 2.75) is 33.2 Å². The van der Waals surface area contributed by atoms with E-state index in [0.29, 0.717) is 0 Å². The maximum absolute atomic E-state index is 12.4. The molecule has 0 atom stereocenters. The molecule has 1 aliphatic rings. The van der Waals surface area contributed by atoms with E-state index in [1.54, 1.807) is 0 Å². The average molecular weight is 260 g/mol. The standard InChI is InChI=1S/C16H24N2O/c1-13-5-7-14(8-6-13)15(19)17-9-11-18(12-10-17)16(2,3)4/h5-8H,9-12H2,1-4H3. The monoisotopic (exact) mass is 260 g/mol. The zero-order valence-electron chi connectivity index (χ0n) is 12.4. The molecule has 0 bridgehead atoms. The quantitative estimate of drug-likeness (QED) is 0.775. The lowest BCUT2D eigenvalue weighted by molar-refractivity contribution is 0.0451. The Bertz CT molecular complexity index is 437. The summed E-state index contributed by atoms with van der Waals surface area (Å²) in [4.78, 5) is 16.8. The highest BCUT2D eigenvalue weighted by atomic mass is 16.2. The summed E-state index contributed by atoms with van der Waals surface area (Å²) in [5.74, 6) is 0.161. The SMILES string of the molecule is Cc1ccc(C(=O)N2CCN(C(C)(C)C)CC2)cc1. The van der Waals surface area contributed by atoms with E-state index in [1.807, 2.05) is 36.1 Å². The maximum atomic E-state index is 12.4. The molecule has 1 aromatic carbocycles. The fraction of sp³-hybridized carbons (Fsp3) is 0.562. The first-order valence-corrected chi connectivity index (χ1v) is 6.99. The lowest BCUT2D eigenvalue weighted by atomic mass is 10.0. The Morgan fingerprint density at radius 3 is 2.00 bits per heavy atom. The van der Waals surface area contributed by atoms with E-state index in [9.17, 15) is 4.79 Å². The van der Waals surface area contributed by atoms with Gasteiger partial charge in [0.15, 0.2) is 0 Å². The molecular formula is C16H24N2O. The molecule has 1 aromatic rings. The van der Waals surface area contributed by atoms with Crippen molar-refractivity contribution in [2.24, 2.45) is 0 Å². The number of benzene rings is 1. The molecule has 3 heteroatoms. The molecule has 0 spiro atoms. The van der Waals surface area contributed by atoms with E-state index in [-0.39, 0.29) is 11.4 Å². The second-order valence-electron chi connectivity index (χ2n) is 6.32. The van der Waals surface area contributed by atoms with Crippen LogP contribution in [0, 0.1) is 6.92 Å². The summed E-state index contributed by atoms with van der Waals surface area (Å²) in [6.07, 6.45) is 0. The minimum absolute atomic E-state index is 0.161. The van der Waals surface area contributed by atoms with Crippen molar-refractivity contribution >= 4 is 5.91 Å². The molecule has 0 aliphatic carbocycles. The predicted octanol–water partition coefficient (Wildman–Crippen LogP) is 2.55. The summed E-state index contributed by atoms with van der Waals surface area (Å²) in [5.41, 5.74) is 2.18. The van der Waals surface area contributed by atoms with Gasteiger partial charge in [-0.05, 0) is 39.8 Å². The fourth-order valence-electron chi connectivity index (χ4n) is 2.46. The smallest absolute Gasteiger partial charge is 0.253 e. The van der Waals surface area contributed by atoms with Gasteiger partial charge in [-0.2, -0.15) is 0 Å². The highest BCUT2D eigenvalue weighted by Gasteiger charge is 2.27. The number of carbonyl (C=O) groups is 1. The van der Waals surface area contributed by atoms with Gasteiger partial charge in [-0.1, -0.05) is 17.7 Å². The Morgan fingerprint density at radius 2 is 1.53 bits per heavy atom. The van der Waals surface area contributed by atoms with Crippen LogP contribution in [0.15, 0.2) is 24.3 Å². The van der Waals surface area contributed by atoms with Crippen LogP contribution in [0.1, 0.15) is 36.7 Å². The van der Waals surface area contributed by atoms with Gasteiger partial charge in [-0.15, -0.1) is 0 Å². The third-order valence-electron chi connectivity index (χ3n) is 3.81. The van der Waals surface area contributed by atoms with Crippen molar-refractivity contribution in [1.29, 1.82) is 0 Å². The lowest BCUT2D eigenvalue weighted by Crippen LogP contribution is -2.54. The maximum Gasteiger partial charge on any atom is 0.253 e. The summed E-state index contributed by atoms with van der Waals surface area (Å²) >= 11 is 0. The van der Waals surface area contributed by atoms with E-state index in [0.717, 1.165) is 31.7 Å². The van der Waals surface area contributed by atoms with Crippen molar-refractivity contribution in [3.63, 3.8) is 0 Å². The molecule has 1 aliphatic heterocycles. The molecule has 3 nitrogen and oxygen atoms in total. The predicted molar refractivity (Wildman–Crippen MR) is 78.4 cm³/mol. The number of rotatable bonds is 1. The summed E-state index contributed by atoms with van der Waals surface area (Å²) in [6, 6.07) is 7.85. The van der Waals surface area contributed by atoms with Gasteiger partial charge in [0.05, 0.1) is 0 Å². The van der Waals surface area contributed by atoms with Gasteiger partial charge in [0.2, 0.25) is 0 Å². The van der Waals surface area contributed by atoms with Gasteiger partial charge in [-0.3, -0.25) is 9.69 Å². The summed E-state index contributed by atoms with van der Waals surface area (Å²) in [5, 5.41) is 0. The molecule has 1 saturated heterocycles. The average Bonchev–Trinajstić information content (AvgIpc) is 2.38. The first kappa shape index (κ1) is 14.1. The zero-order valence-corrected chi connectivity index (χ0v) is 12.4. The van der Waals surface area contributed by atoms with Gasteiger partial charge >= 0.3 is 0 Å². The second-order valence-corrected chi connectivity index (χ2v) is 6.32. The Kier molecular flexibility index (Phi) is 3.95. The van der Waals surface area contributed by atoms with Crippen LogP contribution in [0.5, 0.6) is 0 Å². The van der Waals surface area contributed by atoms with Crippen LogP contribution in [0.25, 0.3) is 0 Å². The topological polar surface area (TPSA) is 23.6 Å². The molecule has 0 aromatic heterocycles. The third kappa shape index (κ3) is 3.35. The highest BCUT2D eigenvalue weighted by molar-refractivity contribution is 5.94. The summed E-state index contributed by atoms with van der Waals surface area (Å²) < 4.78 is 0. The highest BCUT2D eigenvalue weighted by Crippen LogP contribution is 2.17. The Morgan fingerprint density at radius 1 is 1.00 bits per heavy atom. The molecule has 0 N–H and O–H groups in total. The minimum atomic E-state index is 0.161. The second kappa shape index (κ2) is 5.33. The number of piperazine rings is 1. The molecular weight excluding hydrogens is 236 g/mol. The minimum Gasteiger partial charge on any atom is -0.336 e. The number of carbonyl (C=O) groups excluding carboxylic acids is 1. The molecule has 0 saturated carbocycles. The number of hydrogen-bond acceptors (Lipinski definition) is 2. The molecule has 104 valence electrons. The lowest BCUT2D eigenvalue weighted by Gasteiger charge is -2.42. The molecule has 2 rings (SSSR count). The van der Waals surface area contributed by atoms with Gasteiger partial charge in [0, 0.05) is 37.3 Å². The van der Waals surface area contributed by atoms with E-state index in [2.05, 4.69) is 25.7 Å². The fourth-order valence-corrected chi connectivity index (χ4v) is 2.46. The molecule has 0 unspecified atom stereocenters. The summed E-state index contributed by atoms with van der Waals surface area (Å²) in [6.45, 7) is 12.3. The van der Waals surface area contributed by atoms with Crippen molar-refractivity contribution in [3.05, 3.63) is 35.4 Å². The first-order valence-electron chi connectivity index (χ1n) is 6.99. The zero-order chi connectivity index (χ0) is 14.0. The van der Waals surface area contributed by atoms with Crippen LogP contribution in [0.2, 0.25) is 0 Å². The molecule has 19 heavy (non-hydrogen) atoms. The normalized spacial score (nSPS) is 17.6. The van der Waals surface area contributed by atoms with Gasteiger partial charge in [-0.25, -0.2) is 0 Å². The van der Waals surface area contributed by atoms with Crippen molar-refractivity contribution in [3.8, 4) is 0 Å². The van der Waals surface area contributed by atoms with Crippen LogP contribution in [-0.2, 0) is 0 Å². The Hall–Kier alpha value is -1.35. The van der Waals surface area contributed by atoms with Crippen LogP contribution in [0.3, 0.4) is 0 Å². The Balaban J connectivity index is 1.98. The van der Waals surface area contributed by atoms with Crippen LogP contribution in [0.4, 0.5) is 0 Å². The first-order chi connectivity index (χ1) is 8.88. The molecule has 0 radical (unpaired) electrons. The molecule has 1 amide bonds. The number of hydrogen-bond donors (Lipinski definition) is 0. The van der Waals surface area contributed by atoms with E-state index < -0.39 is 0 Å². The van der Waals surface area contributed by atoms with Crippen molar-refractivity contribution < 1.29 is 4.79 Å². The molecule has 1 fully saturated rings. The van der Waals surface area contributed by atoms with E-state index in [1.165, 1.54) is 5.56 Å². The third-order valence-corrected chi connectivity index (χ3v) is 3.81. The largest absolute Gasteiger partial charge is 0.336 e. The van der Waals surface area contributed by atoms with E-state index in [4.69, 9.17) is 0 Å². The van der Waals surface area contributed by atoms with Gasteiger partial charge in [0.25, 0.3) is 5.91 Å². The van der Waals surface area contributed by atoms with Crippen LogP contribution in [-0.4, -0.2) is 47.4 Å². The van der Waals surface area contributed by atoms with Crippen molar-refractivity contribution in [2.75, 3.05) is 26.2 Å². The Labute approximate surface area is 116 Å². The summed E-state index contributed by atoms with van der Waals surface area (Å²) in [7, 11) is 0. The van der Waals surface area contributed by atoms with Crippen LogP contribution < -0.4 is 0 Å². The van der Waals surface area contributed by atoms with Gasteiger partial charge in [0.1, 0.15) is 0 Å². The van der Waals surface area contributed by atoms with Gasteiger partial charge < -0.3 is 4.90 Å². The number of aryl methyl sites for hydroxylation is 1. The van der Waals surface area contributed by atoms with Crippen molar-refractivity contribution in [1.82, 2.24) is 9.80 Å². The number of amides is 1. The van der Waals surface area contributed by atoms with Crippen LogP contribution >= 0.6 is 0 Å². The van der Waals surface area contributed by atoms with E-state index >= 15 is 0 Å². The number of nitrogens with zero attached hydrogens (tertiary/aromatic N) is 2. The molecule has 1 heterocycles.